The van der Waals surface area contributed by atoms with Gasteiger partial charge in [-0.1, -0.05) is 12.1 Å². The molecule has 0 aliphatic rings. The summed E-state index contributed by atoms with van der Waals surface area (Å²) in [6.07, 6.45) is 0.462. The van der Waals surface area contributed by atoms with Gasteiger partial charge in [0, 0.05) is 6.54 Å². The van der Waals surface area contributed by atoms with E-state index in [4.69, 9.17) is 10.2 Å². The Balaban J connectivity index is 1.94. The zero-order valence-corrected chi connectivity index (χ0v) is 11.5. The maximum absolute atomic E-state index is 12.7. The largest absolute Gasteiger partial charge is 0.447 e. The van der Waals surface area contributed by atoms with Crippen molar-refractivity contribution in [1.29, 1.82) is 0 Å². The Hall–Kier alpha value is -1.70. The van der Waals surface area contributed by atoms with E-state index in [1.54, 1.807) is 12.1 Å². The summed E-state index contributed by atoms with van der Waals surface area (Å²) in [5.41, 5.74) is 6.20. The molecule has 2 aromatic rings. The minimum Gasteiger partial charge on any atom is -0.447 e. The molecule has 1 heterocycles. The first-order chi connectivity index (χ1) is 9.51. The molecule has 1 aromatic carbocycles. The zero-order chi connectivity index (χ0) is 14.6. The van der Waals surface area contributed by atoms with Crippen LogP contribution in [0, 0.1) is 5.82 Å². The van der Waals surface area contributed by atoms with E-state index in [2.05, 4.69) is 4.72 Å². The molecule has 0 amide bonds. The van der Waals surface area contributed by atoms with E-state index in [9.17, 15) is 12.8 Å². The monoisotopic (exact) mass is 298 g/mol. The number of sulfonamides is 1. The zero-order valence-electron chi connectivity index (χ0n) is 10.7. The molecule has 3 N–H and O–H groups in total. The summed E-state index contributed by atoms with van der Waals surface area (Å²) in [6.45, 7) is 0.345. The number of nitrogens with two attached hydrogens (primary N) is 1. The predicted molar refractivity (Wildman–Crippen MR) is 71.9 cm³/mol. The first-order valence-electron chi connectivity index (χ1n) is 6.04. The molecular weight excluding hydrogens is 283 g/mol. The number of benzene rings is 1. The quantitative estimate of drug-likeness (QED) is 0.844. The van der Waals surface area contributed by atoms with Gasteiger partial charge >= 0.3 is 0 Å². The van der Waals surface area contributed by atoms with Gasteiger partial charge in [-0.25, -0.2) is 17.5 Å². The van der Waals surface area contributed by atoms with Crippen LogP contribution in [0.25, 0.3) is 0 Å². The normalized spacial score (nSPS) is 11.7. The Labute approximate surface area is 116 Å². The summed E-state index contributed by atoms with van der Waals surface area (Å²) < 4.78 is 44.0. The summed E-state index contributed by atoms with van der Waals surface area (Å²) >= 11 is 0. The van der Waals surface area contributed by atoms with Crippen LogP contribution in [0.15, 0.2) is 45.9 Å². The Morgan fingerprint density at radius 3 is 2.45 bits per heavy atom. The van der Waals surface area contributed by atoms with Crippen molar-refractivity contribution in [2.45, 2.75) is 18.1 Å². The Morgan fingerprint density at radius 1 is 1.15 bits per heavy atom. The second kappa shape index (κ2) is 6.17. The second-order valence-corrected chi connectivity index (χ2v) is 5.90. The van der Waals surface area contributed by atoms with Crippen LogP contribution in [0.4, 0.5) is 4.39 Å². The minimum atomic E-state index is -3.67. The third kappa shape index (κ3) is 3.66. The molecule has 0 aliphatic carbocycles. The Bertz CT molecular complexity index is 665. The number of rotatable bonds is 6. The maximum Gasteiger partial charge on any atom is 0.273 e. The van der Waals surface area contributed by atoms with Crippen LogP contribution >= 0.6 is 0 Å². The van der Waals surface area contributed by atoms with Gasteiger partial charge in [0.25, 0.3) is 10.0 Å². The average Bonchev–Trinajstić information content (AvgIpc) is 2.90. The van der Waals surface area contributed by atoms with Gasteiger partial charge in [0.05, 0.1) is 6.54 Å². The predicted octanol–water partition coefficient (Wildman–Crippen LogP) is 1.40. The van der Waals surface area contributed by atoms with Crippen LogP contribution in [-0.2, 0) is 23.0 Å². The van der Waals surface area contributed by atoms with Gasteiger partial charge in [-0.2, -0.15) is 0 Å². The highest BCUT2D eigenvalue weighted by molar-refractivity contribution is 7.89. The third-order valence-electron chi connectivity index (χ3n) is 2.72. The molecule has 2 rings (SSSR count). The SMILES string of the molecule is NCc1ccc(S(=O)(=O)NCCc2ccc(F)cc2)o1. The molecule has 0 unspecified atom stereocenters. The standard InChI is InChI=1S/C13H15FN2O3S/c14-11-3-1-10(2-4-11)7-8-16-20(17,18)13-6-5-12(9-15)19-13/h1-6,16H,7-9,15H2. The summed E-state index contributed by atoms with van der Waals surface area (Å²) in [6, 6.07) is 8.79. The lowest BCUT2D eigenvalue weighted by Gasteiger charge is -2.04. The molecule has 0 saturated carbocycles. The van der Waals surface area contributed by atoms with Crippen molar-refractivity contribution in [3.05, 3.63) is 53.5 Å². The van der Waals surface area contributed by atoms with Crippen LogP contribution in [0.3, 0.4) is 0 Å². The lowest BCUT2D eigenvalue weighted by molar-refractivity contribution is 0.413. The van der Waals surface area contributed by atoms with Crippen molar-refractivity contribution in [1.82, 2.24) is 4.72 Å². The van der Waals surface area contributed by atoms with Crippen molar-refractivity contribution in [2.75, 3.05) is 6.54 Å². The number of halogens is 1. The molecule has 1 aromatic heterocycles. The average molecular weight is 298 g/mol. The first kappa shape index (κ1) is 14.7. The highest BCUT2D eigenvalue weighted by Gasteiger charge is 2.17. The minimum absolute atomic E-state index is 0.144. The van der Waals surface area contributed by atoms with Crippen LogP contribution in [-0.4, -0.2) is 15.0 Å². The lowest BCUT2D eigenvalue weighted by Crippen LogP contribution is -2.25. The first-order valence-corrected chi connectivity index (χ1v) is 7.52. The van der Waals surface area contributed by atoms with Crippen molar-refractivity contribution in [2.24, 2.45) is 5.73 Å². The van der Waals surface area contributed by atoms with Crippen LogP contribution in [0.1, 0.15) is 11.3 Å². The summed E-state index contributed by atoms with van der Waals surface area (Å²) in [5, 5.41) is -0.156. The molecule has 0 aliphatic heterocycles. The second-order valence-electron chi connectivity index (χ2n) is 4.20. The number of furan rings is 1. The van der Waals surface area contributed by atoms with Crippen molar-refractivity contribution in [3.8, 4) is 0 Å². The van der Waals surface area contributed by atoms with E-state index < -0.39 is 10.0 Å². The van der Waals surface area contributed by atoms with E-state index in [0.717, 1.165) is 5.56 Å². The fraction of sp³-hybridized carbons (Fsp3) is 0.231. The highest BCUT2D eigenvalue weighted by atomic mass is 32.2. The fourth-order valence-corrected chi connectivity index (χ4v) is 2.64. The van der Waals surface area contributed by atoms with Crippen molar-refractivity contribution < 1.29 is 17.2 Å². The lowest BCUT2D eigenvalue weighted by atomic mass is 10.1. The van der Waals surface area contributed by atoms with Gasteiger partial charge in [-0.15, -0.1) is 0 Å². The maximum atomic E-state index is 12.7. The molecule has 20 heavy (non-hydrogen) atoms. The van der Waals surface area contributed by atoms with Crippen LogP contribution in [0.2, 0.25) is 0 Å². The highest BCUT2D eigenvalue weighted by Crippen LogP contribution is 2.13. The van der Waals surface area contributed by atoms with E-state index in [-0.39, 0.29) is 24.0 Å². The molecule has 5 nitrogen and oxygen atoms in total. The van der Waals surface area contributed by atoms with E-state index in [1.807, 2.05) is 0 Å². The van der Waals surface area contributed by atoms with Gasteiger partial charge in [-0.3, -0.25) is 0 Å². The topological polar surface area (TPSA) is 85.3 Å². The summed E-state index contributed by atoms with van der Waals surface area (Å²) in [5.74, 6) is 0.0862. The number of nitrogens with one attached hydrogen (secondary N) is 1. The Kier molecular flexibility index (Phi) is 4.53. The molecule has 0 bridgehead atoms. The van der Waals surface area contributed by atoms with E-state index >= 15 is 0 Å². The van der Waals surface area contributed by atoms with E-state index in [0.29, 0.717) is 12.2 Å². The van der Waals surface area contributed by atoms with Crippen LogP contribution < -0.4 is 10.5 Å². The fourth-order valence-electron chi connectivity index (χ4n) is 1.66. The van der Waals surface area contributed by atoms with E-state index in [1.165, 1.54) is 24.3 Å². The molecule has 0 radical (unpaired) electrons. The van der Waals surface area contributed by atoms with Gasteiger partial charge in [0.1, 0.15) is 11.6 Å². The van der Waals surface area contributed by atoms with Crippen molar-refractivity contribution >= 4 is 10.0 Å². The summed E-state index contributed by atoms with van der Waals surface area (Å²) in [7, 11) is -3.67. The Morgan fingerprint density at radius 2 is 1.85 bits per heavy atom. The molecule has 108 valence electrons. The molecule has 0 spiro atoms. The van der Waals surface area contributed by atoms with Gasteiger partial charge < -0.3 is 10.2 Å². The van der Waals surface area contributed by atoms with Crippen molar-refractivity contribution in [3.63, 3.8) is 0 Å². The number of hydrogen-bond donors (Lipinski definition) is 2. The molecule has 0 fully saturated rings. The molecule has 7 heteroatoms. The molecule has 0 atom stereocenters. The molecular formula is C13H15FN2O3S. The third-order valence-corrected chi connectivity index (χ3v) is 4.06. The van der Waals surface area contributed by atoms with Gasteiger partial charge in [-0.05, 0) is 36.2 Å². The summed E-state index contributed by atoms with van der Waals surface area (Å²) in [4.78, 5) is 0. The molecule has 0 saturated heterocycles. The van der Waals surface area contributed by atoms with Crippen LogP contribution in [0.5, 0.6) is 0 Å². The smallest absolute Gasteiger partial charge is 0.273 e. The number of hydrogen-bond acceptors (Lipinski definition) is 4. The van der Waals surface area contributed by atoms with Gasteiger partial charge in [0.15, 0.2) is 0 Å². The van der Waals surface area contributed by atoms with Gasteiger partial charge in [0.2, 0.25) is 5.09 Å².